The lowest BCUT2D eigenvalue weighted by atomic mass is 10.1. The maximum absolute atomic E-state index is 6.17. The lowest BCUT2D eigenvalue weighted by Gasteiger charge is -2.30. The average molecular weight is 340 g/mol. The number of hydrogen-bond donors (Lipinski definition) is 1. The van der Waals surface area contributed by atoms with Gasteiger partial charge < -0.3 is 5.73 Å². The molecular formula is C12H17BrCl2N2. The van der Waals surface area contributed by atoms with Gasteiger partial charge in [-0.1, -0.05) is 27.5 Å². The van der Waals surface area contributed by atoms with E-state index in [2.05, 4.69) is 26.9 Å². The van der Waals surface area contributed by atoms with Crippen molar-refractivity contribution in [1.29, 1.82) is 0 Å². The Morgan fingerprint density at radius 3 is 2.65 bits per heavy atom. The van der Waals surface area contributed by atoms with Gasteiger partial charge in [-0.15, -0.1) is 12.4 Å². The van der Waals surface area contributed by atoms with Crippen LogP contribution in [0.2, 0.25) is 5.02 Å². The summed E-state index contributed by atoms with van der Waals surface area (Å²) in [5, 5.41) is 0.845. The fourth-order valence-electron chi connectivity index (χ4n) is 2.02. The standard InChI is InChI=1S/C12H16BrClN2.ClH/c13-10-1-2-12(14)9(7-10)8-16-5-3-11(15)4-6-16;/h1-2,7,11H,3-6,8,15H2;1H. The fourth-order valence-corrected chi connectivity index (χ4v) is 2.60. The normalized spacial score (nSPS) is 17.8. The highest BCUT2D eigenvalue weighted by atomic mass is 79.9. The maximum Gasteiger partial charge on any atom is 0.0451 e. The Balaban J connectivity index is 0.00000144. The van der Waals surface area contributed by atoms with Gasteiger partial charge in [0.2, 0.25) is 0 Å². The second-order valence-corrected chi connectivity index (χ2v) is 5.67. The quantitative estimate of drug-likeness (QED) is 0.894. The minimum atomic E-state index is 0. The van der Waals surface area contributed by atoms with Gasteiger partial charge in [0.05, 0.1) is 0 Å². The summed E-state index contributed by atoms with van der Waals surface area (Å²) in [6.45, 7) is 3.07. The summed E-state index contributed by atoms with van der Waals surface area (Å²) in [7, 11) is 0. The van der Waals surface area contributed by atoms with Crippen LogP contribution in [0.25, 0.3) is 0 Å². The first-order valence-corrected chi connectivity index (χ1v) is 6.74. The van der Waals surface area contributed by atoms with E-state index in [1.807, 2.05) is 12.1 Å². The van der Waals surface area contributed by atoms with E-state index < -0.39 is 0 Å². The molecular weight excluding hydrogens is 323 g/mol. The molecule has 1 aromatic carbocycles. The van der Waals surface area contributed by atoms with Crippen molar-refractivity contribution in [3.8, 4) is 0 Å². The molecule has 1 aromatic rings. The lowest BCUT2D eigenvalue weighted by molar-refractivity contribution is 0.205. The number of rotatable bonds is 2. The number of likely N-dealkylation sites (tertiary alicyclic amines) is 1. The molecule has 1 heterocycles. The molecule has 1 aliphatic heterocycles. The highest BCUT2D eigenvalue weighted by Crippen LogP contribution is 2.23. The largest absolute Gasteiger partial charge is 0.328 e. The minimum absolute atomic E-state index is 0. The Morgan fingerprint density at radius 1 is 1.35 bits per heavy atom. The highest BCUT2D eigenvalue weighted by Gasteiger charge is 2.16. The van der Waals surface area contributed by atoms with Crippen molar-refractivity contribution in [3.05, 3.63) is 33.3 Å². The maximum atomic E-state index is 6.17. The van der Waals surface area contributed by atoms with Crippen LogP contribution in [0.4, 0.5) is 0 Å². The Hall–Kier alpha value is 0.200. The molecule has 17 heavy (non-hydrogen) atoms. The molecule has 0 bridgehead atoms. The summed E-state index contributed by atoms with van der Waals surface area (Å²) in [5.41, 5.74) is 7.07. The van der Waals surface area contributed by atoms with Crippen molar-refractivity contribution in [3.63, 3.8) is 0 Å². The third-order valence-electron chi connectivity index (χ3n) is 3.03. The van der Waals surface area contributed by atoms with E-state index in [9.17, 15) is 0 Å². The van der Waals surface area contributed by atoms with Crippen LogP contribution < -0.4 is 5.73 Å². The predicted molar refractivity (Wildman–Crippen MR) is 78.9 cm³/mol. The van der Waals surface area contributed by atoms with E-state index in [1.54, 1.807) is 0 Å². The molecule has 0 aromatic heterocycles. The van der Waals surface area contributed by atoms with Crippen molar-refractivity contribution in [1.82, 2.24) is 4.90 Å². The van der Waals surface area contributed by atoms with Gasteiger partial charge in [-0.25, -0.2) is 0 Å². The zero-order valence-electron chi connectivity index (χ0n) is 9.53. The molecule has 1 aliphatic rings. The van der Waals surface area contributed by atoms with Crippen molar-refractivity contribution < 1.29 is 0 Å². The number of piperidine rings is 1. The van der Waals surface area contributed by atoms with Crippen LogP contribution in [0.15, 0.2) is 22.7 Å². The van der Waals surface area contributed by atoms with Crippen LogP contribution in [0, 0.1) is 0 Å². The smallest absolute Gasteiger partial charge is 0.0451 e. The number of nitrogens with two attached hydrogens (primary N) is 1. The molecule has 0 atom stereocenters. The first-order chi connectivity index (χ1) is 7.65. The van der Waals surface area contributed by atoms with Gasteiger partial charge in [0, 0.05) is 22.1 Å². The second-order valence-electron chi connectivity index (χ2n) is 4.35. The third kappa shape index (κ3) is 4.42. The molecule has 2 N–H and O–H groups in total. The summed E-state index contributed by atoms with van der Waals surface area (Å²) in [6, 6.07) is 6.39. The summed E-state index contributed by atoms with van der Waals surface area (Å²) in [6.07, 6.45) is 2.18. The van der Waals surface area contributed by atoms with Crippen LogP contribution in [0.1, 0.15) is 18.4 Å². The molecule has 2 nitrogen and oxygen atoms in total. The molecule has 0 aliphatic carbocycles. The molecule has 0 amide bonds. The molecule has 2 rings (SSSR count). The van der Waals surface area contributed by atoms with Crippen LogP contribution in [-0.2, 0) is 6.54 Å². The summed E-state index contributed by atoms with van der Waals surface area (Å²) < 4.78 is 1.08. The van der Waals surface area contributed by atoms with E-state index >= 15 is 0 Å². The predicted octanol–water partition coefficient (Wildman–Crippen LogP) is 3.45. The summed E-state index contributed by atoms with van der Waals surface area (Å²) in [4.78, 5) is 2.41. The number of halogens is 3. The van der Waals surface area contributed by atoms with Gasteiger partial charge in [-0.2, -0.15) is 0 Å². The number of hydrogen-bond acceptors (Lipinski definition) is 2. The van der Waals surface area contributed by atoms with Gasteiger partial charge >= 0.3 is 0 Å². The topological polar surface area (TPSA) is 29.3 Å². The first-order valence-electron chi connectivity index (χ1n) is 5.57. The molecule has 0 unspecified atom stereocenters. The second kappa shape index (κ2) is 6.95. The first kappa shape index (κ1) is 15.3. The molecule has 1 saturated heterocycles. The van der Waals surface area contributed by atoms with Crippen molar-refractivity contribution in [2.45, 2.75) is 25.4 Å². The van der Waals surface area contributed by atoms with Crippen LogP contribution >= 0.6 is 39.9 Å². The SMILES string of the molecule is Cl.NC1CCN(Cc2cc(Br)ccc2Cl)CC1. The number of benzene rings is 1. The van der Waals surface area contributed by atoms with Crippen molar-refractivity contribution in [2.24, 2.45) is 5.73 Å². The molecule has 1 fully saturated rings. The van der Waals surface area contributed by atoms with E-state index in [4.69, 9.17) is 17.3 Å². The van der Waals surface area contributed by atoms with E-state index in [0.717, 1.165) is 42.0 Å². The molecule has 0 radical (unpaired) electrons. The summed E-state index contributed by atoms with van der Waals surface area (Å²) >= 11 is 9.65. The van der Waals surface area contributed by atoms with Gasteiger partial charge in [0.15, 0.2) is 0 Å². The van der Waals surface area contributed by atoms with E-state index in [1.165, 1.54) is 5.56 Å². The van der Waals surface area contributed by atoms with Crippen LogP contribution in [0.3, 0.4) is 0 Å². The van der Waals surface area contributed by atoms with Crippen molar-refractivity contribution >= 4 is 39.9 Å². The lowest BCUT2D eigenvalue weighted by Crippen LogP contribution is -2.39. The fraction of sp³-hybridized carbons (Fsp3) is 0.500. The molecule has 5 heteroatoms. The highest BCUT2D eigenvalue weighted by molar-refractivity contribution is 9.10. The molecule has 0 saturated carbocycles. The van der Waals surface area contributed by atoms with Crippen LogP contribution in [-0.4, -0.2) is 24.0 Å². The molecule has 0 spiro atoms. The minimum Gasteiger partial charge on any atom is -0.328 e. The van der Waals surface area contributed by atoms with Crippen molar-refractivity contribution in [2.75, 3.05) is 13.1 Å². The van der Waals surface area contributed by atoms with Gasteiger partial charge in [0.1, 0.15) is 0 Å². The zero-order chi connectivity index (χ0) is 11.5. The van der Waals surface area contributed by atoms with Gasteiger partial charge in [0.25, 0.3) is 0 Å². The number of nitrogens with zero attached hydrogens (tertiary/aromatic N) is 1. The Bertz CT molecular complexity index is 366. The van der Waals surface area contributed by atoms with Gasteiger partial charge in [-0.3, -0.25) is 4.90 Å². The Kier molecular flexibility index (Phi) is 6.24. The van der Waals surface area contributed by atoms with E-state index in [-0.39, 0.29) is 12.4 Å². The average Bonchev–Trinajstić information content (AvgIpc) is 2.27. The zero-order valence-corrected chi connectivity index (χ0v) is 12.7. The van der Waals surface area contributed by atoms with E-state index in [0.29, 0.717) is 6.04 Å². The van der Waals surface area contributed by atoms with Gasteiger partial charge in [-0.05, 0) is 49.7 Å². The Labute approximate surface area is 122 Å². The van der Waals surface area contributed by atoms with Crippen LogP contribution in [0.5, 0.6) is 0 Å². The third-order valence-corrected chi connectivity index (χ3v) is 3.90. The molecule has 96 valence electrons. The Morgan fingerprint density at radius 2 is 2.00 bits per heavy atom. The summed E-state index contributed by atoms with van der Waals surface area (Å²) in [5.74, 6) is 0. The monoisotopic (exact) mass is 338 g/mol.